The standard InChI is InChI=1S/C14H19N3O2/c1-10-8-16-6-2-3-11(16)9-17(10)14(19)12-7-15-5-4-13(12)18/h4-5,7,10-11H,2-3,6,8-9H2,1H3,(H,15,18). The van der Waals surface area contributed by atoms with Crippen LogP contribution in [0.1, 0.15) is 30.1 Å². The van der Waals surface area contributed by atoms with E-state index in [2.05, 4.69) is 16.8 Å². The number of carbonyl (C=O) groups excluding carboxylic acids is 1. The third-order valence-corrected chi connectivity index (χ3v) is 4.25. The van der Waals surface area contributed by atoms with Crippen LogP contribution in [0.2, 0.25) is 0 Å². The van der Waals surface area contributed by atoms with E-state index in [1.807, 2.05) is 4.90 Å². The van der Waals surface area contributed by atoms with E-state index < -0.39 is 0 Å². The second-order valence-electron chi connectivity index (χ2n) is 5.52. The summed E-state index contributed by atoms with van der Waals surface area (Å²) in [5, 5.41) is 0. The number of hydrogen-bond donors (Lipinski definition) is 1. The molecule has 0 spiro atoms. The number of piperazine rings is 1. The van der Waals surface area contributed by atoms with Gasteiger partial charge in [-0.1, -0.05) is 0 Å². The molecule has 102 valence electrons. The van der Waals surface area contributed by atoms with E-state index in [9.17, 15) is 9.59 Å². The number of nitrogens with one attached hydrogen (secondary N) is 1. The minimum absolute atomic E-state index is 0.138. The molecule has 0 aromatic carbocycles. The fourth-order valence-corrected chi connectivity index (χ4v) is 3.21. The summed E-state index contributed by atoms with van der Waals surface area (Å²) in [6.45, 7) is 4.86. The summed E-state index contributed by atoms with van der Waals surface area (Å²) in [4.78, 5) is 31.4. The largest absolute Gasteiger partial charge is 0.367 e. The number of rotatable bonds is 1. The molecule has 3 rings (SSSR count). The van der Waals surface area contributed by atoms with Gasteiger partial charge in [0.1, 0.15) is 5.56 Å². The lowest BCUT2D eigenvalue weighted by atomic mass is 10.1. The van der Waals surface area contributed by atoms with Gasteiger partial charge in [0.2, 0.25) is 0 Å². The van der Waals surface area contributed by atoms with Crippen molar-refractivity contribution in [3.8, 4) is 0 Å². The molecule has 3 heterocycles. The molecule has 2 atom stereocenters. The van der Waals surface area contributed by atoms with Gasteiger partial charge >= 0.3 is 0 Å². The maximum Gasteiger partial charge on any atom is 0.259 e. The van der Waals surface area contributed by atoms with Crippen LogP contribution in [0.25, 0.3) is 0 Å². The predicted octanol–water partition coefficient (Wildman–Crippen LogP) is 0.684. The third-order valence-electron chi connectivity index (χ3n) is 4.25. The molecule has 2 aliphatic rings. The molecular weight excluding hydrogens is 242 g/mol. The molecular formula is C14H19N3O2. The first-order chi connectivity index (χ1) is 9.16. The summed E-state index contributed by atoms with van der Waals surface area (Å²) < 4.78 is 0. The van der Waals surface area contributed by atoms with Crippen LogP contribution in [-0.2, 0) is 0 Å². The van der Waals surface area contributed by atoms with E-state index in [0.717, 1.165) is 26.1 Å². The van der Waals surface area contributed by atoms with Crippen LogP contribution in [0, 0.1) is 0 Å². The van der Waals surface area contributed by atoms with Gasteiger partial charge in [-0.2, -0.15) is 0 Å². The summed E-state index contributed by atoms with van der Waals surface area (Å²) in [5.41, 5.74) is 0.0469. The number of fused-ring (bicyclic) bond motifs is 1. The Morgan fingerprint density at radius 1 is 1.42 bits per heavy atom. The second kappa shape index (κ2) is 4.81. The third kappa shape index (κ3) is 2.18. The number of aromatic nitrogens is 1. The van der Waals surface area contributed by atoms with Crippen molar-refractivity contribution in [3.63, 3.8) is 0 Å². The van der Waals surface area contributed by atoms with Crippen molar-refractivity contribution in [1.29, 1.82) is 0 Å². The van der Waals surface area contributed by atoms with Crippen LogP contribution in [0.4, 0.5) is 0 Å². The maximum atomic E-state index is 12.5. The van der Waals surface area contributed by atoms with Crippen molar-refractivity contribution in [3.05, 3.63) is 34.2 Å². The van der Waals surface area contributed by atoms with E-state index >= 15 is 0 Å². The molecule has 5 heteroatoms. The quantitative estimate of drug-likeness (QED) is 0.809. The zero-order valence-corrected chi connectivity index (χ0v) is 11.1. The number of nitrogens with zero attached hydrogens (tertiary/aromatic N) is 2. The average Bonchev–Trinajstić information content (AvgIpc) is 2.84. The Hall–Kier alpha value is -1.62. The van der Waals surface area contributed by atoms with Gasteiger partial charge in [0.25, 0.3) is 5.91 Å². The fraction of sp³-hybridized carbons (Fsp3) is 0.571. The molecule has 1 N–H and O–H groups in total. The Kier molecular flexibility index (Phi) is 3.14. The van der Waals surface area contributed by atoms with Gasteiger partial charge in [0, 0.05) is 43.6 Å². The van der Waals surface area contributed by atoms with Gasteiger partial charge in [-0.05, 0) is 26.3 Å². The highest BCUT2D eigenvalue weighted by molar-refractivity contribution is 5.94. The van der Waals surface area contributed by atoms with Crippen LogP contribution < -0.4 is 5.43 Å². The zero-order valence-electron chi connectivity index (χ0n) is 11.1. The zero-order chi connectivity index (χ0) is 13.4. The van der Waals surface area contributed by atoms with Crippen LogP contribution in [0.15, 0.2) is 23.3 Å². The first-order valence-electron chi connectivity index (χ1n) is 6.89. The Labute approximate surface area is 112 Å². The molecule has 1 aromatic rings. The molecule has 5 nitrogen and oxygen atoms in total. The number of pyridine rings is 1. The topological polar surface area (TPSA) is 56.4 Å². The summed E-state index contributed by atoms with van der Waals surface area (Å²) in [6.07, 6.45) is 5.43. The molecule has 0 bridgehead atoms. The number of aromatic amines is 1. The van der Waals surface area contributed by atoms with Crippen LogP contribution in [-0.4, -0.2) is 52.4 Å². The molecule has 2 aliphatic heterocycles. The van der Waals surface area contributed by atoms with E-state index in [-0.39, 0.29) is 22.9 Å². The number of amides is 1. The van der Waals surface area contributed by atoms with Crippen molar-refractivity contribution in [2.45, 2.75) is 31.8 Å². The predicted molar refractivity (Wildman–Crippen MR) is 72.2 cm³/mol. The van der Waals surface area contributed by atoms with Crippen LogP contribution in [0.3, 0.4) is 0 Å². The molecule has 1 aromatic heterocycles. The highest BCUT2D eigenvalue weighted by atomic mass is 16.2. The molecule has 0 saturated carbocycles. The number of carbonyl (C=O) groups is 1. The van der Waals surface area contributed by atoms with Crippen molar-refractivity contribution < 1.29 is 4.79 Å². The molecule has 1 amide bonds. The van der Waals surface area contributed by atoms with Crippen LogP contribution >= 0.6 is 0 Å². The maximum absolute atomic E-state index is 12.5. The average molecular weight is 261 g/mol. The van der Waals surface area contributed by atoms with E-state index in [1.165, 1.54) is 18.7 Å². The van der Waals surface area contributed by atoms with Crippen molar-refractivity contribution in [1.82, 2.24) is 14.8 Å². The monoisotopic (exact) mass is 261 g/mol. The summed E-state index contributed by atoms with van der Waals surface area (Å²) in [5.74, 6) is -0.138. The number of H-pyrrole nitrogens is 1. The fourth-order valence-electron chi connectivity index (χ4n) is 3.21. The van der Waals surface area contributed by atoms with Crippen molar-refractivity contribution in [2.75, 3.05) is 19.6 Å². The van der Waals surface area contributed by atoms with E-state index in [4.69, 9.17) is 0 Å². The first-order valence-corrected chi connectivity index (χ1v) is 6.89. The molecule has 19 heavy (non-hydrogen) atoms. The minimum atomic E-state index is -0.204. The Bertz CT molecular complexity index is 539. The molecule has 0 radical (unpaired) electrons. The molecule has 0 aliphatic carbocycles. The van der Waals surface area contributed by atoms with E-state index in [1.54, 1.807) is 6.20 Å². The Morgan fingerprint density at radius 2 is 2.26 bits per heavy atom. The SMILES string of the molecule is CC1CN2CCCC2CN1C(=O)c1c[nH]ccc1=O. The summed E-state index contributed by atoms with van der Waals surface area (Å²) in [6, 6.07) is 2.05. The lowest BCUT2D eigenvalue weighted by molar-refractivity contribution is 0.0394. The van der Waals surface area contributed by atoms with Crippen LogP contribution in [0.5, 0.6) is 0 Å². The second-order valence-corrected chi connectivity index (χ2v) is 5.52. The van der Waals surface area contributed by atoms with Crippen molar-refractivity contribution in [2.24, 2.45) is 0 Å². The molecule has 2 unspecified atom stereocenters. The summed E-state index contributed by atoms with van der Waals surface area (Å²) in [7, 11) is 0. The normalized spacial score (nSPS) is 27.3. The molecule has 2 saturated heterocycles. The van der Waals surface area contributed by atoms with Gasteiger partial charge in [-0.3, -0.25) is 14.5 Å². The van der Waals surface area contributed by atoms with Gasteiger partial charge in [-0.25, -0.2) is 0 Å². The Morgan fingerprint density at radius 3 is 3.05 bits per heavy atom. The van der Waals surface area contributed by atoms with Gasteiger partial charge in [0.05, 0.1) is 0 Å². The lowest BCUT2D eigenvalue weighted by Crippen LogP contribution is -2.57. The number of hydrogen-bond acceptors (Lipinski definition) is 3. The Balaban J connectivity index is 1.83. The smallest absolute Gasteiger partial charge is 0.259 e. The van der Waals surface area contributed by atoms with Gasteiger partial charge in [-0.15, -0.1) is 0 Å². The minimum Gasteiger partial charge on any atom is -0.367 e. The lowest BCUT2D eigenvalue weighted by Gasteiger charge is -2.42. The first kappa shape index (κ1) is 12.4. The summed E-state index contributed by atoms with van der Waals surface area (Å²) >= 11 is 0. The van der Waals surface area contributed by atoms with Crippen molar-refractivity contribution >= 4 is 5.91 Å². The van der Waals surface area contributed by atoms with Gasteiger partial charge < -0.3 is 9.88 Å². The highest BCUT2D eigenvalue weighted by Gasteiger charge is 2.37. The molecule has 2 fully saturated rings. The van der Waals surface area contributed by atoms with E-state index in [0.29, 0.717) is 6.04 Å². The van der Waals surface area contributed by atoms with Gasteiger partial charge in [0.15, 0.2) is 5.43 Å². The highest BCUT2D eigenvalue weighted by Crippen LogP contribution is 2.25.